The molecule has 0 bridgehead atoms. The Kier molecular flexibility index (Phi) is 6.43. The summed E-state index contributed by atoms with van der Waals surface area (Å²) in [5, 5.41) is 4.25. The molecule has 1 aliphatic rings. The topological polar surface area (TPSA) is 67.3 Å². The van der Waals surface area contributed by atoms with Crippen molar-refractivity contribution in [3.63, 3.8) is 0 Å². The Morgan fingerprint density at radius 2 is 2.08 bits per heavy atom. The third-order valence-corrected chi connectivity index (χ3v) is 6.30. The monoisotopic (exact) mass is 376 g/mol. The average molecular weight is 377 g/mol. The number of anilines is 1. The fourth-order valence-electron chi connectivity index (χ4n) is 3.48. The maximum Gasteiger partial charge on any atom is 0.223 e. The molecule has 0 unspecified atom stereocenters. The lowest BCUT2D eigenvalue weighted by atomic mass is 9.95. The number of carbonyl (C=O) groups excluding carboxylic acids is 1. The number of unbranched alkanes of at least 4 members (excludes halogenated alkanes) is 1. The summed E-state index contributed by atoms with van der Waals surface area (Å²) in [5.74, 6) is 1.32. The van der Waals surface area contributed by atoms with Crippen LogP contribution in [0.5, 0.6) is 0 Å². The van der Waals surface area contributed by atoms with E-state index in [1.54, 1.807) is 24.8 Å². The van der Waals surface area contributed by atoms with Crippen LogP contribution in [0.15, 0.2) is 6.33 Å². The molecule has 0 aromatic carbocycles. The highest BCUT2D eigenvalue weighted by molar-refractivity contribution is 7.18. The molecule has 6 nitrogen and oxygen atoms in total. The number of methoxy groups -OCH3 is 1. The normalized spacial score (nSPS) is 15.6. The molecule has 0 spiro atoms. The second-order valence-corrected chi connectivity index (χ2v) is 8.12. The number of fused-ring (bicyclic) bond motifs is 1. The van der Waals surface area contributed by atoms with Crippen molar-refractivity contribution < 1.29 is 9.53 Å². The van der Waals surface area contributed by atoms with E-state index in [1.165, 1.54) is 15.8 Å². The molecule has 0 aliphatic carbocycles. The summed E-state index contributed by atoms with van der Waals surface area (Å²) in [4.78, 5) is 26.0. The van der Waals surface area contributed by atoms with E-state index >= 15 is 0 Å². The molecule has 1 fully saturated rings. The van der Waals surface area contributed by atoms with E-state index in [9.17, 15) is 4.79 Å². The molecule has 1 N–H and O–H groups in total. The molecule has 3 heterocycles. The van der Waals surface area contributed by atoms with Gasteiger partial charge in [-0.3, -0.25) is 4.79 Å². The standard InChI is InChI=1S/C19H28N4O2S/c1-13-14(2)26-19-16(13)17(21-12-22-19)23-9-6-15(7-10-23)18(24)20-8-4-5-11-25-3/h12,15H,4-11H2,1-3H3,(H,20,24). The molecule has 1 aliphatic heterocycles. The summed E-state index contributed by atoms with van der Waals surface area (Å²) in [6, 6.07) is 0. The smallest absolute Gasteiger partial charge is 0.223 e. The summed E-state index contributed by atoms with van der Waals surface area (Å²) in [7, 11) is 1.71. The first-order valence-electron chi connectivity index (χ1n) is 9.34. The third-order valence-electron chi connectivity index (χ3n) is 5.19. The SMILES string of the molecule is COCCCCNC(=O)C1CCN(c2ncnc3sc(C)c(C)c23)CC1. The Hall–Kier alpha value is -1.73. The molecule has 7 heteroatoms. The number of aromatic nitrogens is 2. The maximum absolute atomic E-state index is 12.4. The minimum absolute atomic E-state index is 0.108. The number of rotatable bonds is 7. The van der Waals surface area contributed by atoms with Crippen LogP contribution < -0.4 is 10.2 Å². The fraction of sp³-hybridized carbons (Fsp3) is 0.632. The number of piperidine rings is 1. The molecule has 0 saturated carbocycles. The van der Waals surface area contributed by atoms with Crippen molar-refractivity contribution in [2.75, 3.05) is 38.3 Å². The molecule has 142 valence electrons. The summed E-state index contributed by atoms with van der Waals surface area (Å²) in [6.07, 6.45) is 5.35. The first-order chi connectivity index (χ1) is 12.6. The highest BCUT2D eigenvalue weighted by Gasteiger charge is 2.27. The quantitative estimate of drug-likeness (QED) is 0.752. The number of nitrogens with zero attached hydrogens (tertiary/aromatic N) is 3. The molecule has 2 aromatic heterocycles. The zero-order valence-electron chi connectivity index (χ0n) is 15.9. The van der Waals surface area contributed by atoms with E-state index in [0.29, 0.717) is 0 Å². The minimum Gasteiger partial charge on any atom is -0.385 e. The zero-order chi connectivity index (χ0) is 18.5. The van der Waals surface area contributed by atoms with Gasteiger partial charge in [0.1, 0.15) is 17.0 Å². The van der Waals surface area contributed by atoms with Gasteiger partial charge in [0, 0.05) is 44.1 Å². The van der Waals surface area contributed by atoms with Crippen LogP contribution in [-0.4, -0.2) is 49.2 Å². The van der Waals surface area contributed by atoms with Gasteiger partial charge in [0.05, 0.1) is 5.39 Å². The second kappa shape index (κ2) is 8.77. The van der Waals surface area contributed by atoms with Gasteiger partial charge >= 0.3 is 0 Å². The van der Waals surface area contributed by atoms with Gasteiger partial charge in [0.15, 0.2) is 0 Å². The lowest BCUT2D eigenvalue weighted by Crippen LogP contribution is -2.41. The largest absolute Gasteiger partial charge is 0.385 e. The molecule has 1 amide bonds. The van der Waals surface area contributed by atoms with Crippen LogP contribution in [-0.2, 0) is 9.53 Å². The Morgan fingerprint density at radius 3 is 2.81 bits per heavy atom. The van der Waals surface area contributed by atoms with Gasteiger partial charge in [0.25, 0.3) is 0 Å². The maximum atomic E-state index is 12.4. The van der Waals surface area contributed by atoms with Crippen LogP contribution in [0.3, 0.4) is 0 Å². The predicted octanol–water partition coefficient (Wildman–Crippen LogP) is 3.07. The van der Waals surface area contributed by atoms with E-state index < -0.39 is 0 Å². The number of amides is 1. The van der Waals surface area contributed by atoms with Gasteiger partial charge in [-0.15, -0.1) is 11.3 Å². The lowest BCUT2D eigenvalue weighted by molar-refractivity contribution is -0.125. The molecule has 3 rings (SSSR count). The predicted molar refractivity (Wildman–Crippen MR) is 106 cm³/mol. The van der Waals surface area contributed by atoms with Crippen molar-refractivity contribution in [3.8, 4) is 0 Å². The van der Waals surface area contributed by atoms with Gasteiger partial charge < -0.3 is 15.0 Å². The first kappa shape index (κ1) is 19.0. The van der Waals surface area contributed by atoms with Crippen LogP contribution in [0.25, 0.3) is 10.2 Å². The van der Waals surface area contributed by atoms with Crippen molar-refractivity contribution in [3.05, 3.63) is 16.8 Å². The number of aryl methyl sites for hydroxylation is 2. The van der Waals surface area contributed by atoms with Crippen LogP contribution >= 0.6 is 11.3 Å². The van der Waals surface area contributed by atoms with Crippen molar-refractivity contribution in [2.45, 2.75) is 39.5 Å². The number of hydrogen-bond donors (Lipinski definition) is 1. The van der Waals surface area contributed by atoms with Crippen LogP contribution in [0.2, 0.25) is 0 Å². The number of ether oxygens (including phenoxy) is 1. The number of thiophene rings is 1. The van der Waals surface area contributed by atoms with Crippen molar-refractivity contribution >= 4 is 33.3 Å². The van der Waals surface area contributed by atoms with E-state index in [0.717, 1.165) is 62.6 Å². The fourth-order valence-corrected chi connectivity index (χ4v) is 4.48. The Balaban J connectivity index is 1.57. The molecule has 0 radical (unpaired) electrons. The van der Waals surface area contributed by atoms with E-state index in [1.807, 2.05) is 0 Å². The summed E-state index contributed by atoms with van der Waals surface area (Å²) >= 11 is 1.73. The van der Waals surface area contributed by atoms with Gasteiger partial charge in [-0.2, -0.15) is 0 Å². The molecule has 1 saturated heterocycles. The van der Waals surface area contributed by atoms with Crippen molar-refractivity contribution in [1.29, 1.82) is 0 Å². The molecule has 0 atom stereocenters. The Morgan fingerprint density at radius 1 is 1.31 bits per heavy atom. The number of hydrogen-bond acceptors (Lipinski definition) is 6. The lowest BCUT2D eigenvalue weighted by Gasteiger charge is -2.32. The van der Waals surface area contributed by atoms with Gasteiger partial charge in [-0.1, -0.05) is 0 Å². The second-order valence-electron chi connectivity index (χ2n) is 6.91. The summed E-state index contributed by atoms with van der Waals surface area (Å²) in [6.45, 7) is 7.50. The summed E-state index contributed by atoms with van der Waals surface area (Å²) in [5.41, 5.74) is 1.27. The Bertz CT molecular complexity index is 753. The van der Waals surface area contributed by atoms with Gasteiger partial charge in [-0.25, -0.2) is 9.97 Å². The number of carbonyl (C=O) groups is 1. The molecular formula is C19H28N4O2S. The first-order valence-corrected chi connectivity index (χ1v) is 10.2. The van der Waals surface area contributed by atoms with Gasteiger partial charge in [0.2, 0.25) is 5.91 Å². The molecule has 2 aromatic rings. The van der Waals surface area contributed by atoms with Crippen LogP contribution in [0.4, 0.5) is 5.82 Å². The van der Waals surface area contributed by atoms with Crippen molar-refractivity contribution in [1.82, 2.24) is 15.3 Å². The highest BCUT2D eigenvalue weighted by Crippen LogP contribution is 2.35. The van der Waals surface area contributed by atoms with Crippen LogP contribution in [0.1, 0.15) is 36.1 Å². The zero-order valence-corrected chi connectivity index (χ0v) is 16.7. The molecular weight excluding hydrogens is 348 g/mol. The van der Waals surface area contributed by atoms with Crippen LogP contribution in [0, 0.1) is 19.8 Å². The highest BCUT2D eigenvalue weighted by atomic mass is 32.1. The summed E-state index contributed by atoms with van der Waals surface area (Å²) < 4.78 is 5.03. The van der Waals surface area contributed by atoms with E-state index in [4.69, 9.17) is 4.74 Å². The molecule has 26 heavy (non-hydrogen) atoms. The van der Waals surface area contributed by atoms with Crippen molar-refractivity contribution in [2.24, 2.45) is 5.92 Å². The third kappa shape index (κ3) is 4.15. The van der Waals surface area contributed by atoms with E-state index in [-0.39, 0.29) is 11.8 Å². The van der Waals surface area contributed by atoms with E-state index in [2.05, 4.69) is 34.0 Å². The Labute approximate surface area is 159 Å². The number of nitrogens with one attached hydrogen (secondary N) is 1. The average Bonchev–Trinajstić information content (AvgIpc) is 2.96. The van der Waals surface area contributed by atoms with Gasteiger partial charge in [-0.05, 0) is 45.1 Å². The minimum atomic E-state index is 0.108.